The SMILES string of the molecule is CCN(CC(=O)N1CCCCCC1c1ccc(OC)cc1)CC1CC1. The molecule has 1 unspecified atom stereocenters. The maximum atomic E-state index is 13.1. The molecule has 1 aliphatic heterocycles. The molecule has 2 aliphatic rings. The van der Waals surface area contributed by atoms with E-state index in [0.717, 1.165) is 44.1 Å². The predicted molar refractivity (Wildman–Crippen MR) is 101 cm³/mol. The van der Waals surface area contributed by atoms with E-state index >= 15 is 0 Å². The molecule has 1 aromatic rings. The maximum absolute atomic E-state index is 13.1. The van der Waals surface area contributed by atoms with E-state index in [0.29, 0.717) is 12.5 Å². The average Bonchev–Trinajstić information content (AvgIpc) is 3.47. The zero-order chi connectivity index (χ0) is 17.6. The van der Waals surface area contributed by atoms with Gasteiger partial charge >= 0.3 is 0 Å². The molecular formula is C21H32N2O2. The van der Waals surface area contributed by atoms with Crippen LogP contribution in [-0.2, 0) is 4.79 Å². The Morgan fingerprint density at radius 1 is 1.16 bits per heavy atom. The summed E-state index contributed by atoms with van der Waals surface area (Å²) in [4.78, 5) is 17.6. The molecule has 0 spiro atoms. The van der Waals surface area contributed by atoms with Crippen LogP contribution >= 0.6 is 0 Å². The highest BCUT2D eigenvalue weighted by atomic mass is 16.5. The van der Waals surface area contributed by atoms with Crippen molar-refractivity contribution in [3.63, 3.8) is 0 Å². The number of hydrogen-bond acceptors (Lipinski definition) is 3. The van der Waals surface area contributed by atoms with Crippen molar-refractivity contribution in [1.29, 1.82) is 0 Å². The molecule has 2 fully saturated rings. The smallest absolute Gasteiger partial charge is 0.237 e. The first-order chi connectivity index (χ1) is 12.2. The quantitative estimate of drug-likeness (QED) is 0.753. The highest BCUT2D eigenvalue weighted by Gasteiger charge is 2.29. The summed E-state index contributed by atoms with van der Waals surface area (Å²) in [5.74, 6) is 2.00. The van der Waals surface area contributed by atoms with Crippen LogP contribution in [0.4, 0.5) is 0 Å². The van der Waals surface area contributed by atoms with Crippen LogP contribution in [0.15, 0.2) is 24.3 Å². The van der Waals surface area contributed by atoms with Crippen molar-refractivity contribution < 1.29 is 9.53 Å². The van der Waals surface area contributed by atoms with Crippen molar-refractivity contribution in [2.24, 2.45) is 5.92 Å². The molecule has 4 heteroatoms. The van der Waals surface area contributed by atoms with Gasteiger partial charge in [0, 0.05) is 13.1 Å². The zero-order valence-electron chi connectivity index (χ0n) is 15.7. The number of benzene rings is 1. The summed E-state index contributed by atoms with van der Waals surface area (Å²) in [7, 11) is 1.69. The lowest BCUT2D eigenvalue weighted by molar-refractivity contribution is -0.134. The van der Waals surface area contributed by atoms with E-state index in [1.807, 2.05) is 12.1 Å². The Kier molecular flexibility index (Phi) is 6.35. The molecule has 1 saturated heterocycles. The van der Waals surface area contributed by atoms with Crippen molar-refractivity contribution in [3.05, 3.63) is 29.8 Å². The molecule has 1 heterocycles. The van der Waals surface area contributed by atoms with E-state index in [-0.39, 0.29) is 6.04 Å². The summed E-state index contributed by atoms with van der Waals surface area (Å²) in [6.07, 6.45) is 7.27. The average molecular weight is 344 g/mol. The van der Waals surface area contributed by atoms with Crippen molar-refractivity contribution in [2.75, 3.05) is 33.3 Å². The van der Waals surface area contributed by atoms with Crippen LogP contribution in [0.1, 0.15) is 57.1 Å². The van der Waals surface area contributed by atoms with Gasteiger partial charge in [-0.3, -0.25) is 9.69 Å². The summed E-state index contributed by atoms with van der Waals surface area (Å²) in [5, 5.41) is 0. The molecular weight excluding hydrogens is 312 g/mol. The number of likely N-dealkylation sites (N-methyl/N-ethyl adjacent to an activating group) is 1. The second kappa shape index (κ2) is 8.70. The fourth-order valence-corrected chi connectivity index (χ4v) is 3.83. The first-order valence-electron chi connectivity index (χ1n) is 9.87. The number of hydrogen-bond donors (Lipinski definition) is 0. The van der Waals surface area contributed by atoms with Crippen LogP contribution in [0.25, 0.3) is 0 Å². The minimum atomic E-state index is 0.209. The number of carbonyl (C=O) groups is 1. The van der Waals surface area contributed by atoms with Crippen LogP contribution in [0.3, 0.4) is 0 Å². The lowest BCUT2D eigenvalue weighted by Gasteiger charge is -2.32. The van der Waals surface area contributed by atoms with Gasteiger partial charge in [-0.05, 0) is 55.8 Å². The van der Waals surface area contributed by atoms with Gasteiger partial charge in [-0.25, -0.2) is 0 Å². The van der Waals surface area contributed by atoms with E-state index in [1.165, 1.54) is 31.2 Å². The van der Waals surface area contributed by atoms with Crippen LogP contribution in [0, 0.1) is 5.92 Å². The highest BCUT2D eigenvalue weighted by molar-refractivity contribution is 5.79. The van der Waals surface area contributed by atoms with Crippen molar-refractivity contribution in [3.8, 4) is 5.75 Å². The van der Waals surface area contributed by atoms with Crippen LogP contribution < -0.4 is 4.74 Å². The van der Waals surface area contributed by atoms with Crippen molar-refractivity contribution in [2.45, 2.75) is 51.5 Å². The Morgan fingerprint density at radius 2 is 1.92 bits per heavy atom. The summed E-state index contributed by atoms with van der Waals surface area (Å²) >= 11 is 0. The summed E-state index contributed by atoms with van der Waals surface area (Å²) in [5.41, 5.74) is 1.24. The molecule has 1 amide bonds. The minimum Gasteiger partial charge on any atom is -0.497 e. The van der Waals surface area contributed by atoms with E-state index in [1.54, 1.807) is 7.11 Å². The molecule has 25 heavy (non-hydrogen) atoms. The first-order valence-corrected chi connectivity index (χ1v) is 9.87. The van der Waals surface area contributed by atoms with E-state index in [2.05, 4.69) is 28.9 Å². The van der Waals surface area contributed by atoms with Gasteiger partial charge < -0.3 is 9.64 Å². The number of amides is 1. The topological polar surface area (TPSA) is 32.8 Å². The standard InChI is InChI=1S/C21H32N2O2/c1-3-22(15-17-8-9-17)16-21(24)23-14-6-4-5-7-20(23)18-10-12-19(25-2)13-11-18/h10-13,17,20H,3-9,14-16H2,1-2H3. The molecule has 3 rings (SSSR count). The summed E-state index contributed by atoms with van der Waals surface area (Å²) in [6, 6.07) is 8.47. The number of nitrogens with zero attached hydrogens (tertiary/aromatic N) is 2. The maximum Gasteiger partial charge on any atom is 0.237 e. The molecule has 0 aromatic heterocycles. The fraction of sp³-hybridized carbons (Fsp3) is 0.667. The Balaban J connectivity index is 1.70. The van der Waals surface area contributed by atoms with Gasteiger partial charge in [-0.2, -0.15) is 0 Å². The van der Waals surface area contributed by atoms with Crippen LogP contribution in [0.5, 0.6) is 5.75 Å². The third-order valence-electron chi connectivity index (χ3n) is 5.59. The monoisotopic (exact) mass is 344 g/mol. The minimum absolute atomic E-state index is 0.209. The number of rotatable bonds is 7. The number of likely N-dealkylation sites (tertiary alicyclic amines) is 1. The van der Waals surface area contributed by atoms with Gasteiger partial charge in [-0.15, -0.1) is 0 Å². The largest absolute Gasteiger partial charge is 0.497 e. The number of carbonyl (C=O) groups excluding carboxylic acids is 1. The van der Waals surface area contributed by atoms with Crippen molar-refractivity contribution >= 4 is 5.91 Å². The lowest BCUT2D eigenvalue weighted by Crippen LogP contribution is -2.42. The highest BCUT2D eigenvalue weighted by Crippen LogP contribution is 2.32. The van der Waals surface area contributed by atoms with Gasteiger partial charge in [-0.1, -0.05) is 31.9 Å². The van der Waals surface area contributed by atoms with Gasteiger partial charge in [0.25, 0.3) is 0 Å². The molecule has 138 valence electrons. The Labute approximate surface area is 152 Å². The van der Waals surface area contributed by atoms with E-state index < -0.39 is 0 Å². The second-order valence-electron chi connectivity index (χ2n) is 7.50. The first kappa shape index (κ1) is 18.2. The fourth-order valence-electron chi connectivity index (χ4n) is 3.83. The van der Waals surface area contributed by atoms with Crippen LogP contribution in [0.2, 0.25) is 0 Å². The molecule has 0 N–H and O–H groups in total. The van der Waals surface area contributed by atoms with Gasteiger partial charge in [0.1, 0.15) is 5.75 Å². The third-order valence-corrected chi connectivity index (χ3v) is 5.59. The van der Waals surface area contributed by atoms with Gasteiger partial charge in [0.05, 0.1) is 19.7 Å². The summed E-state index contributed by atoms with van der Waals surface area (Å²) < 4.78 is 5.28. The molecule has 1 saturated carbocycles. The predicted octanol–water partition coefficient (Wildman–Crippen LogP) is 3.87. The molecule has 0 radical (unpaired) electrons. The van der Waals surface area contributed by atoms with E-state index in [4.69, 9.17) is 4.74 Å². The third kappa shape index (κ3) is 4.97. The van der Waals surface area contributed by atoms with Gasteiger partial charge in [0.2, 0.25) is 5.91 Å². The summed E-state index contributed by atoms with van der Waals surface area (Å²) in [6.45, 7) is 5.67. The molecule has 4 nitrogen and oxygen atoms in total. The normalized spacial score (nSPS) is 21.2. The number of methoxy groups -OCH3 is 1. The van der Waals surface area contributed by atoms with E-state index in [9.17, 15) is 4.79 Å². The Hall–Kier alpha value is -1.55. The Morgan fingerprint density at radius 3 is 2.56 bits per heavy atom. The number of ether oxygens (including phenoxy) is 1. The second-order valence-corrected chi connectivity index (χ2v) is 7.50. The molecule has 0 bridgehead atoms. The molecule has 1 aromatic carbocycles. The Bertz CT molecular complexity index is 554. The van der Waals surface area contributed by atoms with Crippen LogP contribution in [-0.4, -0.2) is 49.0 Å². The zero-order valence-corrected chi connectivity index (χ0v) is 15.7. The molecule has 1 atom stereocenters. The lowest BCUT2D eigenvalue weighted by atomic mass is 10.0. The molecule has 1 aliphatic carbocycles. The van der Waals surface area contributed by atoms with Crippen molar-refractivity contribution in [1.82, 2.24) is 9.80 Å². The van der Waals surface area contributed by atoms with Gasteiger partial charge in [0.15, 0.2) is 0 Å².